The topological polar surface area (TPSA) is 76.0 Å². The Morgan fingerprint density at radius 2 is 2.22 bits per heavy atom. The van der Waals surface area contributed by atoms with E-state index in [4.69, 9.17) is 4.74 Å². The van der Waals surface area contributed by atoms with E-state index in [1.807, 2.05) is 29.5 Å². The van der Waals surface area contributed by atoms with Gasteiger partial charge in [-0.15, -0.1) is 0 Å². The molecule has 0 spiro atoms. The lowest BCUT2D eigenvalue weighted by atomic mass is 10.2. The molecule has 1 N–H and O–H groups in total. The molecule has 1 unspecified atom stereocenters. The molecule has 0 bridgehead atoms. The molecule has 4 rings (SSSR count). The summed E-state index contributed by atoms with van der Waals surface area (Å²) >= 11 is 0. The van der Waals surface area contributed by atoms with Crippen LogP contribution in [0.5, 0.6) is 0 Å². The zero-order valence-corrected chi connectivity index (χ0v) is 15.4. The number of aromatic nitrogens is 4. The predicted molar refractivity (Wildman–Crippen MR) is 97.6 cm³/mol. The van der Waals surface area contributed by atoms with Crippen LogP contribution in [0.4, 0.5) is 4.39 Å². The highest BCUT2D eigenvalue weighted by atomic mass is 19.1. The molecule has 142 valence electrons. The van der Waals surface area contributed by atoms with E-state index in [0.29, 0.717) is 29.9 Å². The number of hydrogen-bond donors (Lipinski definition) is 1. The van der Waals surface area contributed by atoms with Crippen LogP contribution in [0.25, 0.3) is 11.0 Å². The second kappa shape index (κ2) is 7.11. The number of benzene rings is 1. The van der Waals surface area contributed by atoms with Crippen molar-refractivity contribution in [1.29, 1.82) is 0 Å². The number of nitrogens with one attached hydrogen (secondary N) is 1. The molecule has 3 aromatic rings. The van der Waals surface area contributed by atoms with E-state index in [2.05, 4.69) is 15.1 Å². The number of amides is 1. The van der Waals surface area contributed by atoms with Crippen LogP contribution in [0.15, 0.2) is 24.3 Å². The van der Waals surface area contributed by atoms with E-state index in [-0.39, 0.29) is 31.0 Å². The van der Waals surface area contributed by atoms with Gasteiger partial charge < -0.3 is 14.6 Å². The van der Waals surface area contributed by atoms with Crippen molar-refractivity contribution >= 4 is 16.9 Å². The summed E-state index contributed by atoms with van der Waals surface area (Å²) in [5, 5.41) is 4.52. The van der Waals surface area contributed by atoms with Gasteiger partial charge in [-0.1, -0.05) is 0 Å². The van der Waals surface area contributed by atoms with Crippen LogP contribution >= 0.6 is 0 Å². The first-order chi connectivity index (χ1) is 13.0. The average molecular weight is 371 g/mol. The number of halogens is 1. The number of imidazole rings is 1. The minimum Gasteiger partial charge on any atom is -0.364 e. The quantitative estimate of drug-likeness (QED) is 0.748. The molecule has 1 amide bonds. The van der Waals surface area contributed by atoms with Gasteiger partial charge in [-0.25, -0.2) is 9.37 Å². The summed E-state index contributed by atoms with van der Waals surface area (Å²) in [6.45, 7) is 5.53. The number of H-pyrrole nitrogens is 1. The number of hydrogen-bond acceptors (Lipinski definition) is 4. The lowest BCUT2D eigenvalue weighted by Crippen LogP contribution is -2.32. The Balaban J connectivity index is 1.30. The van der Waals surface area contributed by atoms with E-state index in [9.17, 15) is 9.18 Å². The minimum atomic E-state index is -0.319. The molecule has 1 aliphatic rings. The van der Waals surface area contributed by atoms with E-state index in [0.717, 1.165) is 17.8 Å². The van der Waals surface area contributed by atoms with Crippen LogP contribution in [0.3, 0.4) is 0 Å². The molecule has 2 aromatic heterocycles. The zero-order valence-electron chi connectivity index (χ0n) is 15.4. The van der Waals surface area contributed by atoms with Crippen molar-refractivity contribution in [2.45, 2.75) is 32.9 Å². The number of nitrogens with zero attached hydrogens (tertiary/aromatic N) is 4. The van der Waals surface area contributed by atoms with Crippen LogP contribution in [0.1, 0.15) is 29.7 Å². The Bertz CT molecular complexity index is 980. The number of carbonyl (C=O) groups excluding carboxylic acids is 1. The fourth-order valence-corrected chi connectivity index (χ4v) is 3.61. The van der Waals surface area contributed by atoms with Gasteiger partial charge in [0.25, 0.3) is 0 Å². The highest BCUT2D eigenvalue weighted by Gasteiger charge is 2.28. The molecule has 1 saturated heterocycles. The van der Waals surface area contributed by atoms with Crippen LogP contribution in [0.2, 0.25) is 0 Å². The van der Waals surface area contributed by atoms with Crippen molar-refractivity contribution in [2.24, 2.45) is 0 Å². The Morgan fingerprint density at radius 1 is 1.37 bits per heavy atom. The maximum Gasteiger partial charge on any atom is 0.248 e. The van der Waals surface area contributed by atoms with Crippen molar-refractivity contribution in [3.8, 4) is 0 Å². The van der Waals surface area contributed by atoms with Gasteiger partial charge in [0, 0.05) is 18.8 Å². The summed E-state index contributed by atoms with van der Waals surface area (Å²) in [5.74, 6) is 0.214. The Morgan fingerprint density at radius 3 is 3.00 bits per heavy atom. The molecule has 0 saturated carbocycles. The number of rotatable bonds is 5. The molecule has 0 aliphatic carbocycles. The SMILES string of the molecule is Cc1cc(C)n(C2CCN(C(=O)COCc3nc4ccc(F)cc4[nH]3)C2)n1. The van der Waals surface area contributed by atoms with Crippen molar-refractivity contribution in [1.82, 2.24) is 24.6 Å². The monoisotopic (exact) mass is 371 g/mol. The summed E-state index contributed by atoms with van der Waals surface area (Å²) in [7, 11) is 0. The van der Waals surface area contributed by atoms with Gasteiger partial charge in [-0.2, -0.15) is 5.10 Å². The summed E-state index contributed by atoms with van der Waals surface area (Å²) in [6, 6.07) is 6.63. The van der Waals surface area contributed by atoms with Gasteiger partial charge in [0.2, 0.25) is 5.91 Å². The fourth-order valence-electron chi connectivity index (χ4n) is 3.61. The second-order valence-electron chi connectivity index (χ2n) is 6.99. The molecule has 8 heteroatoms. The lowest BCUT2D eigenvalue weighted by Gasteiger charge is -2.17. The van der Waals surface area contributed by atoms with Crippen LogP contribution in [-0.2, 0) is 16.1 Å². The summed E-state index contributed by atoms with van der Waals surface area (Å²) in [6.07, 6.45) is 0.892. The molecule has 1 atom stereocenters. The van der Waals surface area contributed by atoms with Crippen molar-refractivity contribution < 1.29 is 13.9 Å². The number of carbonyl (C=O) groups is 1. The fraction of sp³-hybridized carbons (Fsp3) is 0.421. The summed E-state index contributed by atoms with van der Waals surface area (Å²) in [4.78, 5) is 21.6. The number of likely N-dealkylation sites (tertiary alicyclic amines) is 1. The Kier molecular flexibility index (Phi) is 4.65. The largest absolute Gasteiger partial charge is 0.364 e. The molecular formula is C19H22FN5O2. The molecule has 1 aliphatic heterocycles. The lowest BCUT2D eigenvalue weighted by molar-refractivity contribution is -0.135. The Labute approximate surface area is 156 Å². The van der Waals surface area contributed by atoms with Gasteiger partial charge in [0.1, 0.15) is 24.9 Å². The van der Waals surface area contributed by atoms with Crippen LogP contribution < -0.4 is 0 Å². The highest BCUT2D eigenvalue weighted by molar-refractivity contribution is 5.78. The van der Waals surface area contributed by atoms with Gasteiger partial charge in [-0.05, 0) is 44.5 Å². The molecule has 1 aromatic carbocycles. The summed E-state index contributed by atoms with van der Waals surface area (Å²) < 4.78 is 20.8. The normalized spacial score (nSPS) is 17.1. The van der Waals surface area contributed by atoms with Crippen molar-refractivity contribution in [2.75, 3.05) is 19.7 Å². The standard InChI is InChI=1S/C19H22FN5O2/c1-12-7-13(2)25(23-12)15-5-6-24(9-15)19(26)11-27-10-18-21-16-4-3-14(20)8-17(16)22-18/h3-4,7-8,15H,5-6,9-11H2,1-2H3,(H,21,22). The van der Waals surface area contributed by atoms with Gasteiger partial charge in [0.15, 0.2) is 0 Å². The molecule has 7 nitrogen and oxygen atoms in total. The molecule has 0 radical (unpaired) electrons. The molecule has 27 heavy (non-hydrogen) atoms. The third-order valence-corrected chi connectivity index (χ3v) is 4.86. The molecule has 1 fully saturated rings. The number of fused-ring (bicyclic) bond motifs is 1. The van der Waals surface area contributed by atoms with Crippen LogP contribution in [-0.4, -0.2) is 50.3 Å². The van der Waals surface area contributed by atoms with Gasteiger partial charge in [-0.3, -0.25) is 9.48 Å². The van der Waals surface area contributed by atoms with Crippen molar-refractivity contribution in [3.05, 3.63) is 47.3 Å². The van der Waals surface area contributed by atoms with E-state index in [1.54, 1.807) is 6.07 Å². The average Bonchev–Trinajstić information content (AvgIpc) is 3.32. The van der Waals surface area contributed by atoms with Crippen molar-refractivity contribution in [3.63, 3.8) is 0 Å². The third-order valence-electron chi connectivity index (χ3n) is 4.86. The number of aryl methyl sites for hydroxylation is 2. The highest BCUT2D eigenvalue weighted by Crippen LogP contribution is 2.23. The second-order valence-corrected chi connectivity index (χ2v) is 6.99. The number of ether oxygens (including phenoxy) is 1. The first kappa shape index (κ1) is 17.7. The third kappa shape index (κ3) is 3.71. The van der Waals surface area contributed by atoms with Gasteiger partial charge in [0.05, 0.1) is 22.8 Å². The Hall–Kier alpha value is -2.74. The van der Waals surface area contributed by atoms with Crippen LogP contribution in [0, 0.1) is 19.7 Å². The smallest absolute Gasteiger partial charge is 0.248 e. The van der Waals surface area contributed by atoms with E-state index in [1.165, 1.54) is 12.1 Å². The van der Waals surface area contributed by atoms with Gasteiger partial charge >= 0.3 is 0 Å². The minimum absolute atomic E-state index is 0.00472. The number of aromatic amines is 1. The summed E-state index contributed by atoms with van der Waals surface area (Å²) in [5.41, 5.74) is 3.40. The maximum atomic E-state index is 13.2. The zero-order chi connectivity index (χ0) is 19.0. The first-order valence-corrected chi connectivity index (χ1v) is 9.02. The first-order valence-electron chi connectivity index (χ1n) is 9.02. The van der Waals surface area contributed by atoms with E-state index < -0.39 is 0 Å². The molecular weight excluding hydrogens is 349 g/mol. The maximum absolute atomic E-state index is 13.2. The van der Waals surface area contributed by atoms with E-state index >= 15 is 0 Å². The predicted octanol–water partition coefficient (Wildman–Crippen LogP) is 2.51. The molecule has 3 heterocycles.